The number of phenolic OH excluding ortho intramolecular Hbond substituents is 2. The van der Waals surface area contributed by atoms with Gasteiger partial charge in [-0.3, -0.25) is 0 Å². The van der Waals surface area contributed by atoms with Crippen LogP contribution in [0.15, 0.2) is 60.2 Å². The van der Waals surface area contributed by atoms with Gasteiger partial charge in [-0.15, -0.1) is 0 Å². The van der Waals surface area contributed by atoms with Crippen LogP contribution in [-0.2, 0) is 5.41 Å². The van der Waals surface area contributed by atoms with Gasteiger partial charge in [0, 0.05) is 0 Å². The monoisotopic (exact) mass is 440 g/mol. The maximum atomic E-state index is 14.8. The second kappa shape index (κ2) is 7.34. The fourth-order valence-corrected chi connectivity index (χ4v) is 5.84. The van der Waals surface area contributed by atoms with Gasteiger partial charge in [0.2, 0.25) is 0 Å². The van der Waals surface area contributed by atoms with Crippen LogP contribution in [0, 0.1) is 39.4 Å². The van der Waals surface area contributed by atoms with Crippen molar-refractivity contribution in [1.82, 2.24) is 0 Å². The fraction of sp³-hybridized carbons (Fsp3) is 0.267. The molecule has 0 heterocycles. The lowest BCUT2D eigenvalue weighted by Crippen LogP contribution is -2.30. The zero-order valence-corrected chi connectivity index (χ0v) is 19.8. The molecule has 1 unspecified atom stereocenters. The molecular weight excluding hydrogens is 411 g/mol. The van der Waals surface area contributed by atoms with Gasteiger partial charge in [0.05, 0.1) is 5.41 Å². The highest BCUT2D eigenvalue weighted by Gasteiger charge is 2.48. The van der Waals surface area contributed by atoms with Crippen molar-refractivity contribution in [2.45, 2.75) is 46.5 Å². The smallest absolute Gasteiger partial charge is 0.123 e. The molecule has 0 saturated heterocycles. The summed E-state index contributed by atoms with van der Waals surface area (Å²) in [6, 6.07) is 13.2. The van der Waals surface area contributed by atoms with Crippen LogP contribution in [0.1, 0.15) is 57.9 Å². The molecule has 5 rings (SSSR count). The van der Waals surface area contributed by atoms with E-state index in [0.29, 0.717) is 5.92 Å². The summed E-state index contributed by atoms with van der Waals surface area (Å²) in [4.78, 5) is 0. The lowest BCUT2D eigenvalue weighted by Gasteiger charge is -2.37. The molecule has 3 aromatic rings. The van der Waals surface area contributed by atoms with Gasteiger partial charge in [-0.25, -0.2) is 4.39 Å². The topological polar surface area (TPSA) is 40.5 Å². The molecule has 0 spiro atoms. The summed E-state index contributed by atoms with van der Waals surface area (Å²) >= 11 is 0. The summed E-state index contributed by atoms with van der Waals surface area (Å²) in [7, 11) is 0. The molecule has 33 heavy (non-hydrogen) atoms. The predicted molar refractivity (Wildman–Crippen MR) is 131 cm³/mol. The molecule has 2 N–H and O–H groups in total. The number of hydrogen-bond acceptors (Lipinski definition) is 2. The van der Waals surface area contributed by atoms with E-state index in [4.69, 9.17) is 0 Å². The fourth-order valence-electron chi connectivity index (χ4n) is 5.84. The van der Waals surface area contributed by atoms with Crippen molar-refractivity contribution in [2.24, 2.45) is 5.92 Å². The first-order valence-corrected chi connectivity index (χ1v) is 11.5. The van der Waals surface area contributed by atoms with Crippen LogP contribution >= 0.6 is 0 Å². The first-order chi connectivity index (χ1) is 15.6. The Morgan fingerprint density at radius 1 is 0.818 bits per heavy atom. The number of fused-ring (bicyclic) bond motifs is 2. The standard InChI is InChI=1S/C30H29FO2/c1-16-6-9-26-25(10-16)24-8-7-23(31)15-27(24)30(26,21-11-17(2)28(32)18(3)12-21)22-13-19(4)29(33)20(5)14-22/h6-9,11-16,32-33H,10H2,1-5H3. The Morgan fingerprint density at radius 2 is 1.33 bits per heavy atom. The van der Waals surface area contributed by atoms with Gasteiger partial charge in [0.25, 0.3) is 0 Å². The van der Waals surface area contributed by atoms with E-state index in [0.717, 1.165) is 56.5 Å². The Bertz CT molecular complexity index is 1270. The van der Waals surface area contributed by atoms with Crippen molar-refractivity contribution < 1.29 is 14.6 Å². The van der Waals surface area contributed by atoms with Crippen LogP contribution in [-0.4, -0.2) is 10.2 Å². The normalized spacial score (nSPS) is 18.4. The first kappa shape index (κ1) is 21.5. The average molecular weight is 441 g/mol. The first-order valence-electron chi connectivity index (χ1n) is 11.5. The lowest BCUT2D eigenvalue weighted by atomic mass is 9.65. The number of allylic oxidation sites excluding steroid dienone is 4. The number of rotatable bonds is 2. The third-order valence-corrected chi connectivity index (χ3v) is 7.41. The maximum Gasteiger partial charge on any atom is 0.123 e. The molecule has 2 aliphatic carbocycles. The average Bonchev–Trinajstić information content (AvgIpc) is 3.04. The molecule has 3 heteroatoms. The van der Waals surface area contributed by atoms with E-state index in [1.54, 1.807) is 12.1 Å². The van der Waals surface area contributed by atoms with E-state index in [-0.39, 0.29) is 17.3 Å². The van der Waals surface area contributed by atoms with E-state index in [1.807, 2.05) is 58.0 Å². The van der Waals surface area contributed by atoms with E-state index < -0.39 is 5.41 Å². The minimum atomic E-state index is -0.740. The highest BCUT2D eigenvalue weighted by atomic mass is 19.1. The van der Waals surface area contributed by atoms with Crippen LogP contribution in [0.2, 0.25) is 0 Å². The highest BCUT2D eigenvalue weighted by Crippen LogP contribution is 2.58. The second-order valence-corrected chi connectivity index (χ2v) is 9.79. The third-order valence-electron chi connectivity index (χ3n) is 7.41. The van der Waals surface area contributed by atoms with E-state index in [9.17, 15) is 14.6 Å². The van der Waals surface area contributed by atoms with E-state index >= 15 is 0 Å². The van der Waals surface area contributed by atoms with Crippen molar-refractivity contribution in [2.75, 3.05) is 0 Å². The van der Waals surface area contributed by atoms with Gasteiger partial charge >= 0.3 is 0 Å². The van der Waals surface area contributed by atoms with E-state index in [2.05, 4.69) is 19.1 Å². The Morgan fingerprint density at radius 3 is 1.85 bits per heavy atom. The third kappa shape index (κ3) is 2.98. The number of halogens is 1. The molecule has 0 radical (unpaired) electrons. The predicted octanol–water partition coefficient (Wildman–Crippen LogP) is 7.17. The van der Waals surface area contributed by atoms with Crippen LogP contribution < -0.4 is 0 Å². The quantitative estimate of drug-likeness (QED) is 0.443. The molecule has 0 aromatic heterocycles. The zero-order valence-electron chi connectivity index (χ0n) is 19.8. The van der Waals surface area contributed by atoms with Crippen molar-refractivity contribution in [3.8, 4) is 11.5 Å². The van der Waals surface area contributed by atoms with Crippen LogP contribution in [0.4, 0.5) is 4.39 Å². The summed E-state index contributed by atoms with van der Waals surface area (Å²) in [5.41, 5.74) is 8.79. The van der Waals surface area contributed by atoms with Gasteiger partial charge in [0.15, 0.2) is 0 Å². The minimum absolute atomic E-state index is 0.269. The lowest BCUT2D eigenvalue weighted by molar-refractivity contribution is 0.465. The summed E-state index contributed by atoms with van der Waals surface area (Å²) in [6.45, 7) is 9.82. The summed E-state index contributed by atoms with van der Waals surface area (Å²) in [6.07, 6.45) is 5.32. The number of hydrogen-bond donors (Lipinski definition) is 2. The molecule has 2 nitrogen and oxygen atoms in total. The summed E-state index contributed by atoms with van der Waals surface area (Å²) in [5.74, 6) is 0.691. The second-order valence-electron chi connectivity index (χ2n) is 9.79. The molecule has 2 aliphatic rings. The van der Waals surface area contributed by atoms with Crippen molar-refractivity contribution in [3.05, 3.63) is 111 Å². The van der Waals surface area contributed by atoms with Gasteiger partial charge < -0.3 is 10.2 Å². The summed E-state index contributed by atoms with van der Waals surface area (Å²) in [5, 5.41) is 21.1. The van der Waals surface area contributed by atoms with Crippen molar-refractivity contribution >= 4 is 5.57 Å². The minimum Gasteiger partial charge on any atom is -0.507 e. The van der Waals surface area contributed by atoms with Crippen LogP contribution in [0.25, 0.3) is 5.57 Å². The number of benzene rings is 3. The number of aryl methyl sites for hydroxylation is 4. The van der Waals surface area contributed by atoms with Crippen LogP contribution in [0.3, 0.4) is 0 Å². The molecule has 0 bridgehead atoms. The van der Waals surface area contributed by atoms with Gasteiger partial charge in [-0.2, -0.15) is 0 Å². The van der Waals surface area contributed by atoms with E-state index in [1.165, 1.54) is 5.57 Å². The molecule has 0 amide bonds. The number of aromatic hydroxyl groups is 2. The zero-order chi connectivity index (χ0) is 23.7. The van der Waals surface area contributed by atoms with Crippen molar-refractivity contribution in [3.63, 3.8) is 0 Å². The van der Waals surface area contributed by atoms with Gasteiger partial charge in [-0.1, -0.05) is 49.4 Å². The molecule has 0 fully saturated rings. The van der Waals surface area contributed by atoms with Gasteiger partial charge in [-0.05, 0) is 108 Å². The Kier molecular flexibility index (Phi) is 4.79. The summed E-state index contributed by atoms with van der Waals surface area (Å²) < 4.78 is 14.8. The Balaban J connectivity index is 1.98. The molecule has 0 saturated carbocycles. The van der Waals surface area contributed by atoms with Crippen LogP contribution in [0.5, 0.6) is 11.5 Å². The molecule has 1 atom stereocenters. The molecule has 3 aromatic carbocycles. The number of phenols is 2. The Labute approximate surface area is 194 Å². The SMILES string of the molecule is Cc1cc(C2(c3cc(C)c(O)c(C)c3)C3=C(CC(C)C=C3)c3ccc(F)cc32)cc(C)c1O. The largest absolute Gasteiger partial charge is 0.507 e. The Hall–Kier alpha value is -3.33. The molecule has 0 aliphatic heterocycles. The molecule has 168 valence electrons. The maximum absolute atomic E-state index is 14.8. The highest BCUT2D eigenvalue weighted by molar-refractivity contribution is 5.88. The molecular formula is C30H29FO2. The van der Waals surface area contributed by atoms with Gasteiger partial charge in [0.1, 0.15) is 17.3 Å². The van der Waals surface area contributed by atoms with Crippen molar-refractivity contribution in [1.29, 1.82) is 0 Å².